The molecule has 1 aromatic heterocycles. The van der Waals surface area contributed by atoms with Gasteiger partial charge in [0, 0.05) is 5.95 Å². The Morgan fingerprint density at radius 3 is 2.88 bits per heavy atom. The Kier molecular flexibility index (Phi) is 5.06. The average molecular weight is 314 g/mol. The van der Waals surface area contributed by atoms with Gasteiger partial charge in [0.15, 0.2) is 5.75 Å². The van der Waals surface area contributed by atoms with Gasteiger partial charge in [0.1, 0.15) is 5.69 Å². The summed E-state index contributed by atoms with van der Waals surface area (Å²) in [4.78, 5) is 26.2. The number of carbonyl (C=O) groups is 1. The van der Waals surface area contributed by atoms with Crippen LogP contribution in [0.25, 0.3) is 5.32 Å². The molecule has 7 nitrogen and oxygen atoms in total. The molecule has 2 heterocycles. The Hall–Kier alpha value is 0.185. The van der Waals surface area contributed by atoms with Gasteiger partial charge in [0.25, 0.3) is 0 Å². The Labute approximate surface area is 142 Å². The monoisotopic (exact) mass is 313 g/mol. The normalized spacial score (nSPS) is 12.3. The van der Waals surface area contributed by atoms with E-state index in [1.54, 1.807) is 0 Å². The van der Waals surface area contributed by atoms with Crippen molar-refractivity contribution in [2.45, 2.75) is 6.54 Å². The van der Waals surface area contributed by atoms with E-state index in [1.165, 1.54) is 4.57 Å². The summed E-state index contributed by atoms with van der Waals surface area (Å²) < 4.78 is 5.94. The second kappa shape index (κ2) is 5.68. The third-order valence-corrected chi connectivity index (χ3v) is 2.24. The zero-order valence-electron chi connectivity index (χ0n) is 8.51. The molecule has 0 aliphatic carbocycles. The largest absolute Gasteiger partial charge is 1.00 e. The first-order valence-electron chi connectivity index (χ1n) is 4.07. The van der Waals surface area contributed by atoms with E-state index in [2.05, 4.69) is 14.8 Å². The van der Waals surface area contributed by atoms with Crippen LogP contribution in [0.15, 0.2) is 4.79 Å². The minimum atomic E-state index is -1.31. The van der Waals surface area contributed by atoms with Crippen LogP contribution in [0.1, 0.15) is 10.5 Å². The molecule has 16 heavy (non-hydrogen) atoms. The minimum absolute atomic E-state index is 0. The number of fused-ring (bicyclic) bond motifs is 1. The van der Waals surface area contributed by atoms with Gasteiger partial charge >= 0.3 is 64.2 Å². The molecule has 1 atom stereocenters. The second-order valence-electron chi connectivity index (χ2n) is 2.85. The van der Waals surface area contributed by atoms with Crippen LogP contribution in [0, 0.1) is 0 Å². The third-order valence-electron chi connectivity index (χ3n) is 2.00. The minimum Gasteiger partial charge on any atom is -0.477 e. The summed E-state index contributed by atoms with van der Waals surface area (Å²) in [5.41, 5.74) is -0.930. The van der Waals surface area contributed by atoms with Gasteiger partial charge < -0.3 is 24.5 Å². The summed E-state index contributed by atoms with van der Waals surface area (Å²) in [7, 11) is 1.84. The number of hydrogen-bond acceptors (Lipinski definition) is 4. The topological polar surface area (TPSA) is 95.5 Å². The van der Waals surface area contributed by atoms with Crippen molar-refractivity contribution >= 4 is 21.4 Å². The van der Waals surface area contributed by atoms with E-state index in [0.29, 0.717) is 13.1 Å². The fourth-order valence-corrected chi connectivity index (χ4v) is 1.56. The van der Waals surface area contributed by atoms with Crippen molar-refractivity contribution in [3.63, 3.8) is 0 Å². The summed E-state index contributed by atoms with van der Waals surface area (Å²) in [6.45, 7) is 0.837. The van der Waals surface area contributed by atoms with E-state index in [-0.39, 0.29) is 69.9 Å². The van der Waals surface area contributed by atoms with Gasteiger partial charge in [-0.05, 0) is 13.1 Å². The smallest absolute Gasteiger partial charge is 0.477 e. The fraction of sp³-hybridized carbons (Fsp3) is 0.286. The SMILES string of the molecule is O=C(O)c1nc2n(c(=O)c1OP)CC[N-]2.[Rb+]. The molecule has 1 aliphatic heterocycles. The first kappa shape index (κ1) is 14.2. The molecule has 80 valence electrons. The van der Waals surface area contributed by atoms with Gasteiger partial charge in [-0.25, -0.2) is 4.79 Å². The molecule has 1 unspecified atom stereocenters. The molecule has 2 rings (SSSR count). The number of hydrogen-bond donors (Lipinski definition) is 1. The van der Waals surface area contributed by atoms with Crippen LogP contribution < -0.4 is 68.3 Å². The fourth-order valence-electron chi connectivity index (χ4n) is 1.35. The molecule has 1 aliphatic rings. The van der Waals surface area contributed by atoms with Crippen molar-refractivity contribution in [3.8, 4) is 5.75 Å². The maximum absolute atomic E-state index is 11.7. The van der Waals surface area contributed by atoms with Crippen molar-refractivity contribution in [2.75, 3.05) is 6.54 Å². The van der Waals surface area contributed by atoms with Gasteiger partial charge in [-0.2, -0.15) is 0 Å². The average Bonchev–Trinajstić information content (AvgIpc) is 2.65. The van der Waals surface area contributed by atoms with Gasteiger partial charge in [0.05, 0.1) is 9.47 Å². The molecular weight excluding hydrogens is 307 g/mol. The Morgan fingerprint density at radius 2 is 2.31 bits per heavy atom. The summed E-state index contributed by atoms with van der Waals surface area (Å²) in [5.74, 6) is -1.45. The van der Waals surface area contributed by atoms with Crippen LogP contribution in [-0.2, 0) is 6.54 Å². The number of carboxylic acid groups (broad SMARTS) is 1. The van der Waals surface area contributed by atoms with Crippen LogP contribution in [0.2, 0.25) is 0 Å². The number of carboxylic acids is 1. The van der Waals surface area contributed by atoms with Crippen molar-refractivity contribution in [2.24, 2.45) is 0 Å². The standard InChI is InChI=1S/C7H8N3O4P.Rb/c11-5-4(14-15)3(6(12)13)9-7-8-1-2-10(5)7;/h1-2,15H2,(H2,8,9,11,12,13);/q;+1/p-1. The zero-order chi connectivity index (χ0) is 11.0. The van der Waals surface area contributed by atoms with Crippen LogP contribution in [0.5, 0.6) is 5.75 Å². The maximum Gasteiger partial charge on any atom is 1.00 e. The first-order valence-corrected chi connectivity index (χ1v) is 4.54. The molecule has 0 aromatic carbocycles. The van der Waals surface area contributed by atoms with E-state index in [0.717, 1.165) is 0 Å². The van der Waals surface area contributed by atoms with Gasteiger partial charge in [-0.1, -0.05) is 0 Å². The maximum atomic E-state index is 11.7. The number of aromatic nitrogens is 2. The summed E-state index contributed by atoms with van der Waals surface area (Å²) in [6, 6.07) is 0. The van der Waals surface area contributed by atoms with Crippen molar-refractivity contribution in [1.29, 1.82) is 0 Å². The van der Waals surface area contributed by atoms with Gasteiger partial charge in [-0.3, -0.25) is 4.79 Å². The predicted octanol–water partition coefficient (Wildman–Crippen LogP) is -2.87. The first-order chi connectivity index (χ1) is 7.15. The molecule has 0 fully saturated rings. The van der Waals surface area contributed by atoms with E-state index in [9.17, 15) is 9.59 Å². The third kappa shape index (κ3) is 2.38. The summed E-state index contributed by atoms with van der Waals surface area (Å²) in [5, 5.41) is 12.7. The van der Waals surface area contributed by atoms with Crippen molar-refractivity contribution in [3.05, 3.63) is 21.4 Å². The van der Waals surface area contributed by atoms with Crippen LogP contribution >= 0.6 is 9.47 Å². The Morgan fingerprint density at radius 1 is 1.62 bits per heavy atom. The number of nitrogens with zero attached hydrogens (tertiary/aromatic N) is 3. The Balaban J connectivity index is 0.00000128. The van der Waals surface area contributed by atoms with E-state index >= 15 is 0 Å². The molecular formula is C7H7N3O4PRb. The molecule has 0 saturated heterocycles. The molecule has 1 N–H and O–H groups in total. The Bertz CT molecular complexity index is 489. The van der Waals surface area contributed by atoms with E-state index < -0.39 is 17.2 Å². The molecule has 0 radical (unpaired) electrons. The predicted molar refractivity (Wildman–Crippen MR) is 53.7 cm³/mol. The summed E-state index contributed by atoms with van der Waals surface area (Å²) >= 11 is 0. The van der Waals surface area contributed by atoms with Crippen molar-refractivity contribution in [1.82, 2.24) is 9.55 Å². The van der Waals surface area contributed by atoms with E-state index in [4.69, 9.17) is 5.11 Å². The summed E-state index contributed by atoms with van der Waals surface area (Å²) in [6.07, 6.45) is 0. The zero-order valence-corrected chi connectivity index (χ0v) is 14.6. The van der Waals surface area contributed by atoms with Gasteiger partial charge in [0.2, 0.25) is 5.56 Å². The van der Waals surface area contributed by atoms with Crippen LogP contribution in [0.4, 0.5) is 5.95 Å². The van der Waals surface area contributed by atoms with Crippen LogP contribution in [-0.4, -0.2) is 27.2 Å². The van der Waals surface area contributed by atoms with E-state index in [1.807, 2.05) is 9.47 Å². The quantitative estimate of drug-likeness (QED) is 0.592. The molecule has 0 saturated carbocycles. The second-order valence-corrected chi connectivity index (χ2v) is 3.09. The molecule has 0 amide bonds. The molecule has 0 bridgehead atoms. The van der Waals surface area contributed by atoms with Gasteiger partial charge in [-0.15, -0.1) is 0 Å². The van der Waals surface area contributed by atoms with Crippen molar-refractivity contribution < 1.29 is 72.6 Å². The molecule has 0 spiro atoms. The molecule has 9 heteroatoms. The van der Waals surface area contributed by atoms with Crippen LogP contribution in [0.3, 0.4) is 0 Å². The number of aromatic carboxylic acids is 1. The molecule has 1 aromatic rings. The number of rotatable bonds is 2.